The van der Waals surface area contributed by atoms with Gasteiger partial charge >= 0.3 is 0 Å². The summed E-state index contributed by atoms with van der Waals surface area (Å²) in [5, 5.41) is 4.48. The number of carbonyl (C=O) groups is 1. The highest BCUT2D eigenvalue weighted by Gasteiger charge is 2.27. The largest absolute Gasteiger partial charge is 0.368 e. The van der Waals surface area contributed by atoms with Crippen LogP contribution in [0.25, 0.3) is 5.65 Å². The molecule has 2 aromatic heterocycles. The SMILES string of the molecule is NC(=O)[C@H]1CCCCN1Cn1nc2ccccn2c1=S. The summed E-state index contributed by atoms with van der Waals surface area (Å²) in [6, 6.07) is 5.54. The van der Waals surface area contributed by atoms with Crippen molar-refractivity contribution in [3.8, 4) is 0 Å². The van der Waals surface area contributed by atoms with Crippen LogP contribution in [-0.4, -0.2) is 37.6 Å². The van der Waals surface area contributed by atoms with Crippen LogP contribution in [0.2, 0.25) is 0 Å². The predicted octanol–water partition coefficient (Wildman–Crippen LogP) is 1.16. The number of hydrogen-bond donors (Lipinski definition) is 1. The molecule has 0 unspecified atom stereocenters. The minimum Gasteiger partial charge on any atom is -0.368 e. The van der Waals surface area contributed by atoms with Crippen molar-refractivity contribution in [3.63, 3.8) is 0 Å². The van der Waals surface area contributed by atoms with Gasteiger partial charge < -0.3 is 5.73 Å². The fraction of sp³-hybridized carbons (Fsp3) is 0.462. The van der Waals surface area contributed by atoms with Gasteiger partial charge in [-0.1, -0.05) is 12.5 Å². The number of carbonyl (C=O) groups excluding carboxylic acids is 1. The molecule has 2 aromatic rings. The van der Waals surface area contributed by atoms with Crippen molar-refractivity contribution in [2.75, 3.05) is 6.54 Å². The van der Waals surface area contributed by atoms with Crippen molar-refractivity contribution in [1.29, 1.82) is 0 Å². The molecule has 1 aliphatic heterocycles. The summed E-state index contributed by atoms with van der Waals surface area (Å²) < 4.78 is 4.25. The van der Waals surface area contributed by atoms with Gasteiger partial charge in [-0.05, 0) is 37.2 Å². The molecule has 1 amide bonds. The Bertz CT molecular complexity index is 691. The first-order valence-corrected chi connectivity index (χ1v) is 7.15. The molecule has 0 radical (unpaired) electrons. The smallest absolute Gasteiger partial charge is 0.234 e. The van der Waals surface area contributed by atoms with Gasteiger partial charge in [0.15, 0.2) is 5.65 Å². The first kappa shape index (κ1) is 13.3. The van der Waals surface area contributed by atoms with E-state index in [1.54, 1.807) is 4.68 Å². The monoisotopic (exact) mass is 291 g/mol. The molecule has 7 heteroatoms. The lowest BCUT2D eigenvalue weighted by molar-refractivity contribution is -0.125. The lowest BCUT2D eigenvalue weighted by atomic mass is 10.0. The highest BCUT2D eigenvalue weighted by Crippen LogP contribution is 2.17. The molecule has 3 heterocycles. The zero-order valence-electron chi connectivity index (χ0n) is 11.1. The molecular weight excluding hydrogens is 274 g/mol. The lowest BCUT2D eigenvalue weighted by Crippen LogP contribution is -2.48. The van der Waals surface area contributed by atoms with Crippen LogP contribution in [0.15, 0.2) is 24.4 Å². The summed E-state index contributed by atoms with van der Waals surface area (Å²) in [7, 11) is 0. The van der Waals surface area contributed by atoms with E-state index in [0.717, 1.165) is 31.5 Å². The number of piperidine rings is 1. The summed E-state index contributed by atoms with van der Waals surface area (Å²) in [4.78, 5) is 13.6. The van der Waals surface area contributed by atoms with Crippen LogP contribution in [0, 0.1) is 4.77 Å². The third-order valence-corrected chi connectivity index (χ3v) is 4.15. The lowest BCUT2D eigenvalue weighted by Gasteiger charge is -2.33. The number of amides is 1. The summed E-state index contributed by atoms with van der Waals surface area (Å²) in [6.07, 6.45) is 4.82. The second-order valence-electron chi connectivity index (χ2n) is 5.08. The number of pyridine rings is 1. The van der Waals surface area contributed by atoms with Crippen molar-refractivity contribution in [2.45, 2.75) is 32.0 Å². The molecule has 106 valence electrons. The van der Waals surface area contributed by atoms with Crippen LogP contribution < -0.4 is 5.73 Å². The van der Waals surface area contributed by atoms with E-state index in [4.69, 9.17) is 18.0 Å². The highest BCUT2D eigenvalue weighted by atomic mass is 32.1. The molecule has 0 saturated carbocycles. The first-order chi connectivity index (χ1) is 9.66. The molecule has 0 spiro atoms. The maximum absolute atomic E-state index is 11.5. The van der Waals surface area contributed by atoms with Crippen LogP contribution >= 0.6 is 12.2 Å². The average molecular weight is 291 g/mol. The van der Waals surface area contributed by atoms with E-state index in [1.165, 1.54) is 0 Å². The van der Waals surface area contributed by atoms with Gasteiger partial charge in [-0.3, -0.25) is 14.1 Å². The summed E-state index contributed by atoms with van der Waals surface area (Å²) in [5.74, 6) is -0.264. The molecule has 1 atom stereocenters. The topological polar surface area (TPSA) is 68.6 Å². The standard InChI is InChI=1S/C13H17N5OS/c14-12(19)10-5-1-3-7-16(10)9-18-13(20)17-8-4-2-6-11(17)15-18/h2,4,6,8,10H,1,3,5,7,9H2,(H2,14,19)/t10-/m1/s1. The number of nitrogens with two attached hydrogens (primary N) is 1. The minimum atomic E-state index is -0.264. The summed E-state index contributed by atoms with van der Waals surface area (Å²) >= 11 is 5.42. The molecule has 0 bridgehead atoms. The number of rotatable bonds is 3. The van der Waals surface area contributed by atoms with Gasteiger partial charge in [0.05, 0.1) is 12.7 Å². The van der Waals surface area contributed by atoms with Gasteiger partial charge in [0.2, 0.25) is 10.7 Å². The number of nitrogens with zero attached hydrogens (tertiary/aromatic N) is 4. The summed E-state index contributed by atoms with van der Waals surface area (Å²) in [6.45, 7) is 1.36. The molecule has 1 fully saturated rings. The highest BCUT2D eigenvalue weighted by molar-refractivity contribution is 7.71. The maximum Gasteiger partial charge on any atom is 0.234 e. The minimum absolute atomic E-state index is 0.213. The first-order valence-electron chi connectivity index (χ1n) is 6.74. The van der Waals surface area contributed by atoms with Crippen molar-refractivity contribution < 1.29 is 4.79 Å². The Labute approximate surface area is 121 Å². The number of primary amides is 1. The predicted molar refractivity (Wildman–Crippen MR) is 77.6 cm³/mol. The Morgan fingerprint density at radius 3 is 3.05 bits per heavy atom. The second kappa shape index (κ2) is 5.34. The van der Waals surface area contributed by atoms with Crippen LogP contribution in [0.1, 0.15) is 19.3 Å². The van der Waals surface area contributed by atoms with E-state index in [-0.39, 0.29) is 11.9 Å². The van der Waals surface area contributed by atoms with E-state index >= 15 is 0 Å². The maximum atomic E-state index is 11.5. The number of fused-ring (bicyclic) bond motifs is 1. The normalized spacial score (nSPS) is 20.3. The van der Waals surface area contributed by atoms with Gasteiger partial charge in [-0.15, -0.1) is 0 Å². The fourth-order valence-corrected chi connectivity index (χ4v) is 2.97. The van der Waals surface area contributed by atoms with Crippen LogP contribution in [-0.2, 0) is 11.5 Å². The van der Waals surface area contributed by atoms with E-state index < -0.39 is 0 Å². The number of likely N-dealkylation sites (tertiary alicyclic amines) is 1. The Morgan fingerprint density at radius 2 is 2.30 bits per heavy atom. The fourth-order valence-electron chi connectivity index (χ4n) is 2.71. The average Bonchev–Trinajstić information content (AvgIpc) is 2.76. The molecule has 2 N–H and O–H groups in total. The quantitative estimate of drug-likeness (QED) is 0.862. The number of aromatic nitrogens is 3. The zero-order valence-corrected chi connectivity index (χ0v) is 11.9. The molecule has 3 rings (SSSR count). The Morgan fingerprint density at radius 1 is 1.45 bits per heavy atom. The van der Waals surface area contributed by atoms with Gasteiger partial charge in [0.1, 0.15) is 0 Å². The Kier molecular flexibility index (Phi) is 3.54. The second-order valence-corrected chi connectivity index (χ2v) is 5.44. The van der Waals surface area contributed by atoms with Crippen LogP contribution in [0.5, 0.6) is 0 Å². The molecule has 1 aliphatic rings. The van der Waals surface area contributed by atoms with Gasteiger partial charge in [0.25, 0.3) is 0 Å². The third-order valence-electron chi connectivity index (χ3n) is 3.75. The molecule has 6 nitrogen and oxygen atoms in total. The Hall–Kier alpha value is -1.73. The molecule has 20 heavy (non-hydrogen) atoms. The molecular formula is C13H17N5OS. The third kappa shape index (κ3) is 2.34. The zero-order chi connectivity index (χ0) is 14.1. The van der Waals surface area contributed by atoms with Crippen LogP contribution in [0.3, 0.4) is 0 Å². The van der Waals surface area contributed by atoms with Crippen molar-refractivity contribution in [2.24, 2.45) is 5.73 Å². The summed E-state index contributed by atoms with van der Waals surface area (Å²) in [5.41, 5.74) is 6.29. The van der Waals surface area contributed by atoms with Crippen molar-refractivity contribution >= 4 is 23.8 Å². The number of hydrogen-bond acceptors (Lipinski definition) is 4. The Balaban J connectivity index is 1.90. The van der Waals surface area contributed by atoms with Gasteiger partial charge in [0, 0.05) is 12.7 Å². The van der Waals surface area contributed by atoms with E-state index in [0.29, 0.717) is 11.4 Å². The van der Waals surface area contributed by atoms with E-state index in [1.807, 2.05) is 28.8 Å². The molecule has 0 aliphatic carbocycles. The molecule has 1 saturated heterocycles. The van der Waals surface area contributed by atoms with E-state index in [2.05, 4.69) is 10.00 Å². The van der Waals surface area contributed by atoms with Gasteiger partial charge in [-0.2, -0.15) is 5.10 Å². The van der Waals surface area contributed by atoms with Crippen molar-refractivity contribution in [1.82, 2.24) is 19.1 Å². The van der Waals surface area contributed by atoms with Crippen molar-refractivity contribution in [3.05, 3.63) is 29.2 Å². The van der Waals surface area contributed by atoms with Crippen LogP contribution in [0.4, 0.5) is 0 Å². The van der Waals surface area contributed by atoms with E-state index in [9.17, 15) is 4.79 Å². The van der Waals surface area contributed by atoms with Gasteiger partial charge in [-0.25, -0.2) is 4.68 Å². The molecule has 0 aromatic carbocycles.